The normalized spacial score (nSPS) is 11.9. The molecular weight excluding hydrogens is 685 g/mol. The molecule has 0 fully saturated rings. The van der Waals surface area contributed by atoms with Crippen LogP contribution in [0.3, 0.4) is 0 Å². The molecule has 0 aliphatic rings. The Morgan fingerprint density at radius 1 is 0.339 bits per heavy atom. The molecule has 3 heterocycles. The number of aromatic nitrogens is 4. The molecule has 0 N–H and O–H groups in total. The molecule has 0 atom stereocenters. The molecule has 0 saturated carbocycles. The van der Waals surface area contributed by atoms with Crippen LogP contribution in [0.5, 0.6) is 0 Å². The van der Waals surface area contributed by atoms with Gasteiger partial charge in [0, 0.05) is 43.4 Å². The molecule has 5 nitrogen and oxygen atoms in total. The first kappa shape index (κ1) is 30.8. The summed E-state index contributed by atoms with van der Waals surface area (Å²) in [5.41, 5.74) is 7.68. The van der Waals surface area contributed by atoms with E-state index in [2.05, 4.69) is 126 Å². The molecule has 0 spiro atoms. The number of hydrogen-bond acceptors (Lipinski definition) is 4. The summed E-state index contributed by atoms with van der Waals surface area (Å²) in [4.78, 5) is 15.1. The van der Waals surface area contributed by atoms with Gasteiger partial charge in [-0.05, 0) is 57.9 Å². The van der Waals surface area contributed by atoms with Gasteiger partial charge in [-0.2, -0.15) is 0 Å². The third-order valence-electron chi connectivity index (χ3n) is 11.2. The van der Waals surface area contributed by atoms with Crippen LogP contribution in [0.4, 0.5) is 0 Å². The summed E-state index contributed by atoms with van der Waals surface area (Å²) in [6.07, 6.45) is 0. The van der Waals surface area contributed by atoms with E-state index in [1.54, 1.807) is 0 Å². The van der Waals surface area contributed by atoms with Gasteiger partial charge >= 0.3 is 0 Å². The summed E-state index contributed by atoms with van der Waals surface area (Å²) in [5, 5.41) is 11.5. The quantitative estimate of drug-likeness (QED) is 0.182. The van der Waals surface area contributed by atoms with Gasteiger partial charge in [0.25, 0.3) is 0 Å². The number of rotatable bonds is 4. The lowest BCUT2D eigenvalue weighted by Gasteiger charge is -2.13. The Morgan fingerprint density at radius 3 is 1.39 bits per heavy atom. The third-order valence-corrected chi connectivity index (χ3v) is 11.2. The minimum absolute atomic E-state index is 0.563. The lowest BCUT2D eigenvalue weighted by molar-refractivity contribution is 0.673. The maximum atomic E-state index is 7.00. The van der Waals surface area contributed by atoms with Crippen LogP contribution in [0, 0.1) is 0 Å². The molecule has 12 aromatic rings. The molecule has 56 heavy (non-hydrogen) atoms. The van der Waals surface area contributed by atoms with E-state index in [0.29, 0.717) is 17.5 Å². The molecule has 3 aromatic heterocycles. The van der Waals surface area contributed by atoms with Crippen molar-refractivity contribution in [1.82, 2.24) is 19.5 Å². The molecule has 0 radical (unpaired) electrons. The van der Waals surface area contributed by atoms with Crippen molar-refractivity contribution in [3.05, 3.63) is 182 Å². The number of furan rings is 1. The second-order valence-electron chi connectivity index (χ2n) is 14.4. The Hall–Kier alpha value is -7.63. The zero-order chi connectivity index (χ0) is 36.7. The van der Waals surface area contributed by atoms with Crippen LogP contribution in [0.15, 0.2) is 186 Å². The van der Waals surface area contributed by atoms with E-state index in [4.69, 9.17) is 19.4 Å². The molecule has 260 valence electrons. The fourth-order valence-electron chi connectivity index (χ4n) is 8.54. The number of para-hydroxylation sites is 1. The zero-order valence-corrected chi connectivity index (χ0v) is 30.0. The predicted molar refractivity (Wildman–Crippen MR) is 230 cm³/mol. The topological polar surface area (TPSA) is 56.7 Å². The fourth-order valence-corrected chi connectivity index (χ4v) is 8.54. The standard InChI is InChI=1S/C51H30N4O/c1-3-14-31(15-4-1)49-52-50(32-16-5-2-6-17-32)54-51(53-49)40-25-13-24-39-43-30-46(37-22-11-12-23-38(37)48(43)56-47(39)40)55-44-28-35-20-9-7-18-33(35)26-41(44)42-27-34-19-8-10-21-36(34)29-45(42)55/h1-30H. The minimum atomic E-state index is 0.563. The molecular formula is C51H30N4O. The van der Waals surface area contributed by atoms with Gasteiger partial charge in [0.05, 0.1) is 22.3 Å². The van der Waals surface area contributed by atoms with Gasteiger partial charge in [0.1, 0.15) is 11.2 Å². The summed E-state index contributed by atoms with van der Waals surface area (Å²) in [6, 6.07) is 64.0. The van der Waals surface area contributed by atoms with Crippen molar-refractivity contribution in [3.63, 3.8) is 0 Å². The van der Waals surface area contributed by atoms with E-state index in [1.807, 2.05) is 60.7 Å². The predicted octanol–water partition coefficient (Wildman–Crippen LogP) is 13.3. The Bertz CT molecular complexity index is 3380. The molecule has 0 unspecified atom stereocenters. The number of nitrogens with zero attached hydrogens (tertiary/aromatic N) is 4. The first-order valence-electron chi connectivity index (χ1n) is 18.9. The van der Waals surface area contributed by atoms with Crippen LogP contribution >= 0.6 is 0 Å². The molecule has 5 heteroatoms. The smallest absolute Gasteiger partial charge is 0.167 e. The highest BCUT2D eigenvalue weighted by Crippen LogP contribution is 2.44. The lowest BCUT2D eigenvalue weighted by Crippen LogP contribution is -2.00. The van der Waals surface area contributed by atoms with Gasteiger partial charge in [-0.15, -0.1) is 0 Å². The van der Waals surface area contributed by atoms with E-state index in [1.165, 1.54) is 43.4 Å². The van der Waals surface area contributed by atoms with Crippen LogP contribution in [-0.4, -0.2) is 19.5 Å². The molecule has 9 aromatic carbocycles. The Balaban J connectivity index is 1.16. The van der Waals surface area contributed by atoms with Crippen molar-refractivity contribution in [2.24, 2.45) is 0 Å². The van der Waals surface area contributed by atoms with Crippen LogP contribution in [0.1, 0.15) is 0 Å². The van der Waals surface area contributed by atoms with Crippen molar-refractivity contribution in [2.75, 3.05) is 0 Å². The van der Waals surface area contributed by atoms with Crippen molar-refractivity contribution in [1.29, 1.82) is 0 Å². The number of hydrogen-bond donors (Lipinski definition) is 0. The van der Waals surface area contributed by atoms with Crippen LogP contribution in [0.25, 0.3) is 116 Å². The minimum Gasteiger partial charge on any atom is -0.455 e. The maximum Gasteiger partial charge on any atom is 0.167 e. The second-order valence-corrected chi connectivity index (χ2v) is 14.4. The number of benzene rings is 9. The Kier molecular flexibility index (Phi) is 6.56. The average molecular weight is 715 g/mol. The van der Waals surface area contributed by atoms with Crippen molar-refractivity contribution in [3.8, 4) is 39.9 Å². The fraction of sp³-hybridized carbons (Fsp3) is 0. The first-order valence-corrected chi connectivity index (χ1v) is 18.9. The lowest BCUT2D eigenvalue weighted by atomic mass is 10.0. The summed E-state index contributed by atoms with van der Waals surface area (Å²) in [6.45, 7) is 0. The zero-order valence-electron chi connectivity index (χ0n) is 30.0. The van der Waals surface area contributed by atoms with Crippen LogP contribution in [0.2, 0.25) is 0 Å². The van der Waals surface area contributed by atoms with Crippen molar-refractivity contribution < 1.29 is 4.42 Å². The molecule has 0 saturated heterocycles. The third kappa shape index (κ3) is 4.64. The van der Waals surface area contributed by atoms with Gasteiger partial charge in [0.2, 0.25) is 0 Å². The van der Waals surface area contributed by atoms with Gasteiger partial charge in [-0.3, -0.25) is 0 Å². The molecule has 0 aliphatic carbocycles. The van der Waals surface area contributed by atoms with Gasteiger partial charge in [0.15, 0.2) is 17.5 Å². The number of fused-ring (bicyclic) bond motifs is 10. The molecule has 0 aliphatic heterocycles. The summed E-state index contributed by atoms with van der Waals surface area (Å²) < 4.78 is 9.45. The molecule has 0 bridgehead atoms. The Morgan fingerprint density at radius 2 is 0.804 bits per heavy atom. The largest absolute Gasteiger partial charge is 0.455 e. The van der Waals surface area contributed by atoms with Crippen molar-refractivity contribution >= 4 is 76.1 Å². The second kappa shape index (κ2) is 11.9. The molecule has 12 rings (SSSR count). The van der Waals surface area contributed by atoms with E-state index in [9.17, 15) is 0 Å². The molecule has 0 amide bonds. The summed E-state index contributed by atoms with van der Waals surface area (Å²) in [7, 11) is 0. The van der Waals surface area contributed by atoms with E-state index in [0.717, 1.165) is 55.1 Å². The van der Waals surface area contributed by atoms with Crippen LogP contribution < -0.4 is 0 Å². The van der Waals surface area contributed by atoms with E-state index >= 15 is 0 Å². The summed E-state index contributed by atoms with van der Waals surface area (Å²) in [5.74, 6) is 1.79. The maximum absolute atomic E-state index is 7.00. The van der Waals surface area contributed by atoms with E-state index in [-0.39, 0.29) is 0 Å². The SMILES string of the molecule is c1ccc(-c2nc(-c3ccccc3)nc(-c3cccc4c3oc3c5ccccc5c(-n5c6cc7ccccc7cc6c6cc7ccccc7cc65)cc43)n2)cc1. The highest BCUT2D eigenvalue weighted by molar-refractivity contribution is 6.22. The summed E-state index contributed by atoms with van der Waals surface area (Å²) >= 11 is 0. The van der Waals surface area contributed by atoms with E-state index < -0.39 is 0 Å². The van der Waals surface area contributed by atoms with Crippen LogP contribution in [-0.2, 0) is 0 Å². The average Bonchev–Trinajstić information content (AvgIpc) is 3.79. The highest BCUT2D eigenvalue weighted by atomic mass is 16.3. The first-order chi connectivity index (χ1) is 27.7. The monoisotopic (exact) mass is 714 g/mol. The Labute approximate surface area is 320 Å². The van der Waals surface area contributed by atoms with Gasteiger partial charge < -0.3 is 8.98 Å². The van der Waals surface area contributed by atoms with Crippen molar-refractivity contribution in [2.45, 2.75) is 0 Å². The van der Waals surface area contributed by atoms with Gasteiger partial charge in [-0.25, -0.2) is 15.0 Å². The van der Waals surface area contributed by atoms with Gasteiger partial charge in [-0.1, -0.05) is 146 Å². The highest BCUT2D eigenvalue weighted by Gasteiger charge is 2.22.